The van der Waals surface area contributed by atoms with E-state index in [2.05, 4.69) is 0 Å². The summed E-state index contributed by atoms with van der Waals surface area (Å²) >= 11 is -11.7. The Labute approximate surface area is 98.3 Å². The van der Waals surface area contributed by atoms with Gasteiger partial charge in [-0.25, -0.2) is 0 Å². The van der Waals surface area contributed by atoms with Crippen LogP contribution < -0.4 is 7.52 Å². The molecule has 0 bridgehead atoms. The third kappa shape index (κ3) is 389. The molecule has 0 aromatic heterocycles. The predicted octanol–water partition coefficient (Wildman–Crippen LogP) is -4.35. The third-order valence-electron chi connectivity index (χ3n) is 0. The molecule has 0 saturated heterocycles. The van der Waals surface area contributed by atoms with Gasteiger partial charge in [0.05, 0.1) is 0 Å². The summed E-state index contributed by atoms with van der Waals surface area (Å²) in [5.41, 5.74) is 0. The quantitative estimate of drug-likeness (QED) is 0.351. The van der Waals surface area contributed by atoms with Crippen molar-refractivity contribution in [1.29, 1.82) is 0 Å². The van der Waals surface area contributed by atoms with Crippen molar-refractivity contribution in [2.24, 2.45) is 0 Å². The second-order valence-electron chi connectivity index (χ2n) is 0.856. The average molecular weight is 450 g/mol. The van der Waals surface area contributed by atoms with Crippen LogP contribution in [0.3, 0.4) is 0 Å². The molecule has 0 aliphatic heterocycles. The van der Waals surface area contributed by atoms with Gasteiger partial charge in [-0.1, -0.05) is 0 Å². The zero-order chi connectivity index (χ0) is 9.00. The van der Waals surface area contributed by atoms with E-state index in [4.69, 9.17) is 28.6 Å². The van der Waals surface area contributed by atoms with Crippen molar-refractivity contribution in [3.63, 3.8) is 0 Å². The van der Waals surface area contributed by atoms with Crippen LogP contribution in [0.2, 0.25) is 0 Å². The van der Waals surface area contributed by atoms with Crippen molar-refractivity contribution in [2.75, 3.05) is 0 Å². The molecule has 0 rings (SSSR count). The molecule has 11 heavy (non-hydrogen) atoms. The molecule has 0 radical (unpaired) electrons. The fourth-order valence-electron chi connectivity index (χ4n) is 0. The van der Waals surface area contributed by atoms with Crippen molar-refractivity contribution >= 4 is 37.7 Å². The van der Waals surface area contributed by atoms with Crippen LogP contribution in [0.1, 0.15) is 0 Å². The first kappa shape index (κ1) is 18.5. The van der Waals surface area contributed by atoms with E-state index in [1.807, 2.05) is 0 Å². The molecular formula is H2CaMoO8W. The van der Waals surface area contributed by atoms with E-state index in [9.17, 15) is 0 Å². The van der Waals surface area contributed by atoms with Crippen LogP contribution in [-0.2, 0) is 47.1 Å². The second kappa shape index (κ2) is 7.12. The molecule has 0 unspecified atom stereocenters. The zero-order valence-electron chi connectivity index (χ0n) is 4.87. The van der Waals surface area contributed by atoms with Crippen molar-refractivity contribution in [3.8, 4) is 0 Å². The Morgan fingerprint density at radius 1 is 1.09 bits per heavy atom. The zero-order valence-corrected chi connectivity index (χ0v) is 12.0. The maximum atomic E-state index is 8.87. The molecule has 0 saturated carbocycles. The molecule has 11 heteroatoms. The van der Waals surface area contributed by atoms with Gasteiger partial charge < -0.3 is 0 Å². The first-order chi connectivity index (χ1) is 4.00. The van der Waals surface area contributed by atoms with Gasteiger partial charge in [0.25, 0.3) is 0 Å². The average Bonchev–Trinajstić information content (AvgIpc) is 1.12. The van der Waals surface area contributed by atoms with Crippen LogP contribution in [-0.4, -0.2) is 45.3 Å². The molecule has 2 N–H and O–H groups in total. The fraction of sp³-hybridized carbons (Fsp3) is 0. The van der Waals surface area contributed by atoms with Crippen LogP contribution in [0.5, 0.6) is 0 Å². The SMILES string of the molecule is [Ca+2].[O]=[Mo](=[O])([O-])[O-].[O]=[W](=[O])([OH])[OH]. The van der Waals surface area contributed by atoms with Crippen LogP contribution in [0.15, 0.2) is 0 Å². The minimum atomic E-state index is -6.02. The Bertz CT molecular complexity index is 210. The fourth-order valence-corrected chi connectivity index (χ4v) is 0. The molecule has 0 aliphatic carbocycles. The Kier molecular flexibility index (Phi) is 11.9. The molecule has 64 valence electrons. The topological polar surface area (TPSA) is 155 Å². The molecule has 0 aromatic carbocycles. The Hall–Kier alpha value is 1.68. The summed E-state index contributed by atoms with van der Waals surface area (Å²) in [6.07, 6.45) is 0. The van der Waals surface area contributed by atoms with Gasteiger partial charge in [0.1, 0.15) is 0 Å². The molecule has 0 heterocycles. The molecule has 0 atom stereocenters. The predicted molar refractivity (Wildman–Crippen MR) is 12.9 cm³/mol. The molecule has 0 amide bonds. The van der Waals surface area contributed by atoms with E-state index < -0.39 is 33.5 Å². The van der Waals surface area contributed by atoms with Crippen molar-refractivity contribution in [3.05, 3.63) is 0 Å². The van der Waals surface area contributed by atoms with Gasteiger partial charge in [-0.2, -0.15) is 0 Å². The van der Waals surface area contributed by atoms with Crippen molar-refractivity contribution in [1.82, 2.24) is 0 Å². The van der Waals surface area contributed by atoms with E-state index >= 15 is 0 Å². The molecule has 0 spiro atoms. The summed E-state index contributed by atoms with van der Waals surface area (Å²) in [6.45, 7) is 0. The summed E-state index contributed by atoms with van der Waals surface area (Å²) in [4.78, 5) is 0. The molecule has 0 fully saturated rings. The van der Waals surface area contributed by atoms with Gasteiger partial charge in [-0.05, 0) is 0 Å². The standard InChI is InChI=1S/Ca.Mo.2H2O.6O.W/h;;2*1H2;;;;;;;/q+2;;;;;;;;2*-1;+2/p-2. The van der Waals surface area contributed by atoms with E-state index in [1.54, 1.807) is 0 Å². The van der Waals surface area contributed by atoms with Crippen molar-refractivity contribution in [2.45, 2.75) is 0 Å². The summed E-state index contributed by atoms with van der Waals surface area (Å²) in [7, 11) is 0. The summed E-state index contributed by atoms with van der Waals surface area (Å²) in [6, 6.07) is 0. The van der Waals surface area contributed by atoms with Gasteiger partial charge in [-0.3, -0.25) is 0 Å². The van der Waals surface area contributed by atoms with Crippen LogP contribution >= 0.6 is 0 Å². The second-order valence-corrected chi connectivity index (χ2v) is 6.08. The number of hydrogen-bond donors (Lipinski definition) is 2. The van der Waals surface area contributed by atoms with Crippen LogP contribution in [0, 0.1) is 0 Å². The van der Waals surface area contributed by atoms with E-state index in [-0.39, 0.29) is 37.7 Å². The Morgan fingerprint density at radius 3 is 1.09 bits per heavy atom. The monoisotopic (exact) mass is 452 g/mol. The van der Waals surface area contributed by atoms with Gasteiger partial charge in [0, 0.05) is 0 Å². The molecule has 0 aromatic rings. The molecular weight excluding hydrogens is 448 g/mol. The first-order valence-electron chi connectivity index (χ1n) is 1.37. The van der Waals surface area contributed by atoms with Crippen LogP contribution in [0.25, 0.3) is 0 Å². The maximum absolute atomic E-state index is 8.87. The van der Waals surface area contributed by atoms with E-state index in [1.165, 1.54) is 0 Å². The summed E-state index contributed by atoms with van der Waals surface area (Å²) < 4.78 is 66.6. The van der Waals surface area contributed by atoms with Gasteiger partial charge in [0.2, 0.25) is 0 Å². The number of rotatable bonds is 0. The first-order valence-corrected chi connectivity index (χ1v) is 9.66. The Balaban J connectivity index is -0.000000107. The number of hydrogen-bond acceptors (Lipinski definition) is 6. The summed E-state index contributed by atoms with van der Waals surface area (Å²) in [5.74, 6) is 0. The summed E-state index contributed by atoms with van der Waals surface area (Å²) in [5, 5.41) is 0. The van der Waals surface area contributed by atoms with Crippen LogP contribution in [0.4, 0.5) is 0 Å². The Morgan fingerprint density at radius 2 is 1.09 bits per heavy atom. The normalized spacial score (nSPS) is 10.5. The van der Waals surface area contributed by atoms with E-state index in [0.717, 1.165) is 0 Å². The minimum absolute atomic E-state index is 0. The third-order valence-corrected chi connectivity index (χ3v) is 0. The van der Waals surface area contributed by atoms with Gasteiger partial charge >= 0.3 is 99.9 Å². The van der Waals surface area contributed by atoms with Gasteiger partial charge in [-0.15, -0.1) is 0 Å². The molecule has 8 nitrogen and oxygen atoms in total. The van der Waals surface area contributed by atoms with Crippen molar-refractivity contribution < 1.29 is 62.1 Å². The van der Waals surface area contributed by atoms with E-state index in [0.29, 0.717) is 0 Å². The molecule has 0 aliphatic rings. The van der Waals surface area contributed by atoms with Gasteiger partial charge in [0.15, 0.2) is 0 Å².